The minimum atomic E-state index is -4.49. The van der Waals surface area contributed by atoms with Crippen molar-refractivity contribution in [2.45, 2.75) is 12.7 Å². The third-order valence-corrected chi connectivity index (χ3v) is 6.21. The van der Waals surface area contributed by atoms with Gasteiger partial charge in [0.1, 0.15) is 5.52 Å². The molecule has 1 fully saturated rings. The van der Waals surface area contributed by atoms with Gasteiger partial charge in [0, 0.05) is 55.7 Å². The fourth-order valence-corrected chi connectivity index (χ4v) is 4.24. The number of benzene rings is 2. The van der Waals surface area contributed by atoms with Crippen molar-refractivity contribution in [1.29, 1.82) is 0 Å². The summed E-state index contributed by atoms with van der Waals surface area (Å²) in [5.41, 5.74) is 6.90. The Kier molecular flexibility index (Phi) is 6.24. The summed E-state index contributed by atoms with van der Waals surface area (Å²) >= 11 is 0. The Morgan fingerprint density at radius 1 is 0.946 bits per heavy atom. The van der Waals surface area contributed by atoms with E-state index in [1.54, 1.807) is 38.7 Å². The summed E-state index contributed by atoms with van der Waals surface area (Å²) in [4.78, 5) is 35.7. The molecule has 0 unspecified atom stereocenters. The van der Waals surface area contributed by atoms with Crippen LogP contribution in [0, 0.1) is 0 Å². The van der Waals surface area contributed by atoms with E-state index in [2.05, 4.69) is 15.1 Å². The molecule has 5 rings (SSSR count). The average molecular weight is 509 g/mol. The molecular weight excluding hydrogens is 487 g/mol. The zero-order chi connectivity index (χ0) is 26.2. The molecule has 0 saturated carbocycles. The highest BCUT2D eigenvalue weighted by atomic mass is 19.4. The molecule has 0 spiro atoms. The van der Waals surface area contributed by atoms with Crippen LogP contribution in [-0.4, -0.2) is 62.6 Å². The van der Waals surface area contributed by atoms with Gasteiger partial charge in [-0.1, -0.05) is 24.3 Å². The van der Waals surface area contributed by atoms with E-state index < -0.39 is 17.6 Å². The van der Waals surface area contributed by atoms with E-state index in [0.29, 0.717) is 49.4 Å². The number of hydrogen-bond acceptors (Lipinski definition) is 6. The smallest absolute Gasteiger partial charge is 0.366 e. The maximum absolute atomic E-state index is 13.0. The summed E-state index contributed by atoms with van der Waals surface area (Å²) in [5, 5.41) is 5.29. The van der Waals surface area contributed by atoms with E-state index in [9.17, 15) is 22.8 Å². The third-order valence-electron chi connectivity index (χ3n) is 6.21. The predicted molar refractivity (Wildman–Crippen MR) is 129 cm³/mol. The highest BCUT2D eigenvalue weighted by Gasteiger charge is 2.32. The first-order chi connectivity index (χ1) is 17.7. The van der Waals surface area contributed by atoms with Gasteiger partial charge >= 0.3 is 6.18 Å². The number of hydrogen-bond donors (Lipinski definition) is 1. The van der Waals surface area contributed by atoms with E-state index in [1.807, 2.05) is 24.4 Å². The fourth-order valence-electron chi connectivity index (χ4n) is 4.24. The minimum Gasteiger partial charge on any atom is -0.366 e. The molecule has 1 saturated heterocycles. The highest BCUT2D eigenvalue weighted by Crippen LogP contribution is 2.28. The van der Waals surface area contributed by atoms with Crippen LogP contribution in [0.5, 0.6) is 0 Å². The van der Waals surface area contributed by atoms with Crippen LogP contribution in [0.15, 0.2) is 61.1 Å². The van der Waals surface area contributed by atoms with Crippen LogP contribution in [-0.2, 0) is 12.7 Å². The first-order valence-electron chi connectivity index (χ1n) is 11.5. The maximum Gasteiger partial charge on any atom is 0.419 e. The van der Waals surface area contributed by atoms with Crippen LogP contribution < -0.4 is 10.6 Å². The third kappa shape index (κ3) is 5.08. The van der Waals surface area contributed by atoms with Crippen LogP contribution in [0.4, 0.5) is 19.1 Å². The van der Waals surface area contributed by atoms with Gasteiger partial charge in [-0.15, -0.1) is 0 Å². The van der Waals surface area contributed by atoms with Gasteiger partial charge in [0.15, 0.2) is 0 Å². The summed E-state index contributed by atoms with van der Waals surface area (Å²) in [7, 11) is 0. The van der Waals surface area contributed by atoms with Crippen molar-refractivity contribution in [3.8, 4) is 0 Å². The van der Waals surface area contributed by atoms with Gasteiger partial charge in [0.2, 0.25) is 5.95 Å². The molecule has 0 atom stereocenters. The van der Waals surface area contributed by atoms with Gasteiger partial charge in [-0.05, 0) is 23.8 Å². The van der Waals surface area contributed by atoms with Gasteiger partial charge < -0.3 is 15.5 Å². The number of alkyl halides is 3. The van der Waals surface area contributed by atoms with Crippen molar-refractivity contribution < 1.29 is 22.8 Å². The van der Waals surface area contributed by atoms with Crippen LogP contribution in [0.1, 0.15) is 31.8 Å². The molecule has 37 heavy (non-hydrogen) atoms. The molecule has 0 bridgehead atoms. The lowest BCUT2D eigenvalue weighted by atomic mass is 10.1. The Bertz CT molecular complexity index is 1440. The summed E-state index contributed by atoms with van der Waals surface area (Å²) < 4.78 is 39.9. The lowest BCUT2D eigenvalue weighted by Crippen LogP contribution is -2.49. The molecule has 12 heteroatoms. The summed E-state index contributed by atoms with van der Waals surface area (Å²) in [6.07, 6.45) is -1.12. The maximum atomic E-state index is 13.0. The van der Waals surface area contributed by atoms with Crippen molar-refractivity contribution in [3.05, 3.63) is 83.3 Å². The van der Waals surface area contributed by atoms with Crippen LogP contribution >= 0.6 is 0 Å². The number of nitrogens with zero attached hydrogens (tertiary/aromatic N) is 6. The molecule has 3 heterocycles. The average Bonchev–Trinajstić information content (AvgIpc) is 3.31. The summed E-state index contributed by atoms with van der Waals surface area (Å²) in [6.45, 7) is 2.07. The second-order valence-electron chi connectivity index (χ2n) is 8.68. The zero-order valence-corrected chi connectivity index (χ0v) is 19.5. The highest BCUT2D eigenvalue weighted by molar-refractivity contribution is 6.04. The topological polar surface area (TPSA) is 110 Å². The van der Waals surface area contributed by atoms with Gasteiger partial charge in [0.05, 0.1) is 17.7 Å². The number of carbonyl (C=O) groups excluding carboxylic acids is 2. The Morgan fingerprint density at radius 2 is 1.62 bits per heavy atom. The summed E-state index contributed by atoms with van der Waals surface area (Å²) in [6, 6.07) is 12.4. The Balaban J connectivity index is 1.20. The van der Waals surface area contributed by atoms with Crippen molar-refractivity contribution in [2.75, 3.05) is 31.1 Å². The number of piperazine rings is 1. The number of rotatable bonds is 5. The van der Waals surface area contributed by atoms with Crippen molar-refractivity contribution in [1.82, 2.24) is 24.6 Å². The number of nitrogens with two attached hydrogens (primary N) is 1. The van der Waals surface area contributed by atoms with E-state index in [4.69, 9.17) is 5.73 Å². The number of aromatic nitrogens is 4. The standard InChI is InChI=1S/C25H22F3N7O2/c26-25(27,28)19-12-30-24(31-13-19)34-10-8-33(9-11-34)23(37)17-6-4-16(5-7-17)14-35-15-18-2-1-3-20(22(29)36)21(18)32-35/h1-7,12-13,15H,8-11,14H2,(H2,29,36). The molecule has 2 aromatic heterocycles. The number of primary amides is 1. The van der Waals surface area contributed by atoms with Crippen LogP contribution in [0.3, 0.4) is 0 Å². The van der Waals surface area contributed by atoms with Gasteiger partial charge in [0.25, 0.3) is 11.8 Å². The fraction of sp³-hybridized carbons (Fsp3) is 0.240. The van der Waals surface area contributed by atoms with Crippen LogP contribution in [0.2, 0.25) is 0 Å². The van der Waals surface area contributed by atoms with Gasteiger partial charge in [-0.25, -0.2) is 9.97 Å². The molecule has 1 aliphatic rings. The molecule has 1 aliphatic heterocycles. The lowest BCUT2D eigenvalue weighted by molar-refractivity contribution is -0.138. The molecule has 0 aliphatic carbocycles. The molecule has 9 nitrogen and oxygen atoms in total. The molecule has 2 aromatic carbocycles. The van der Waals surface area contributed by atoms with Crippen molar-refractivity contribution in [2.24, 2.45) is 5.73 Å². The van der Waals surface area contributed by atoms with E-state index in [0.717, 1.165) is 23.3 Å². The SMILES string of the molecule is NC(=O)c1cccc2cn(Cc3ccc(C(=O)N4CCN(c5ncc(C(F)(F)F)cn5)CC4)cc3)nc12. The van der Waals surface area contributed by atoms with Gasteiger partial charge in [-0.3, -0.25) is 14.3 Å². The second-order valence-corrected chi connectivity index (χ2v) is 8.68. The Morgan fingerprint density at radius 3 is 2.24 bits per heavy atom. The zero-order valence-electron chi connectivity index (χ0n) is 19.5. The first-order valence-corrected chi connectivity index (χ1v) is 11.5. The second kappa shape index (κ2) is 9.52. The molecular formula is C25H22F3N7O2. The summed E-state index contributed by atoms with van der Waals surface area (Å²) in [5.74, 6) is -0.458. The monoisotopic (exact) mass is 509 g/mol. The number of carbonyl (C=O) groups is 2. The van der Waals surface area contributed by atoms with Gasteiger partial charge in [-0.2, -0.15) is 18.3 Å². The van der Waals surface area contributed by atoms with E-state index >= 15 is 0 Å². The van der Waals surface area contributed by atoms with E-state index in [-0.39, 0.29) is 11.9 Å². The number of amides is 2. The van der Waals surface area contributed by atoms with Crippen molar-refractivity contribution >= 4 is 28.7 Å². The first kappa shape index (κ1) is 24.2. The lowest BCUT2D eigenvalue weighted by Gasteiger charge is -2.34. The molecule has 2 amide bonds. The molecule has 190 valence electrons. The molecule has 2 N–H and O–H groups in total. The molecule has 4 aromatic rings. The molecule has 0 radical (unpaired) electrons. The Labute approximate surface area is 209 Å². The number of fused-ring (bicyclic) bond motifs is 1. The van der Waals surface area contributed by atoms with Crippen LogP contribution in [0.25, 0.3) is 10.9 Å². The normalized spacial score (nSPS) is 14.2. The minimum absolute atomic E-state index is 0.129. The Hall–Kier alpha value is -4.48. The largest absolute Gasteiger partial charge is 0.419 e. The van der Waals surface area contributed by atoms with Crippen molar-refractivity contribution in [3.63, 3.8) is 0 Å². The quantitative estimate of drug-likeness (QED) is 0.443. The predicted octanol–water partition coefficient (Wildman–Crippen LogP) is 2.95. The van der Waals surface area contributed by atoms with E-state index in [1.165, 1.54) is 0 Å². The number of halogens is 3. The number of anilines is 1.